The van der Waals surface area contributed by atoms with E-state index in [-0.39, 0.29) is 0 Å². The van der Waals surface area contributed by atoms with Gasteiger partial charge in [0, 0.05) is 14.2 Å². The summed E-state index contributed by atoms with van der Waals surface area (Å²) in [6.45, 7) is 0. The third-order valence-corrected chi connectivity index (χ3v) is 7.17. The van der Waals surface area contributed by atoms with Gasteiger partial charge < -0.3 is 8.85 Å². The Kier molecular flexibility index (Phi) is 3.88. The van der Waals surface area contributed by atoms with Crippen LogP contribution in [0.1, 0.15) is 0 Å². The molecular formula is C18H18O2Si. The van der Waals surface area contributed by atoms with Crippen LogP contribution in [0.15, 0.2) is 72.8 Å². The van der Waals surface area contributed by atoms with Crippen LogP contribution in [0.25, 0.3) is 10.8 Å². The first-order valence-corrected chi connectivity index (χ1v) is 8.77. The van der Waals surface area contributed by atoms with Gasteiger partial charge in [-0.3, -0.25) is 0 Å². The standard InChI is InChI=1S/C18H18O2Si/c1-19-21(20-2,17-10-4-3-5-11-17)18-13-12-15-8-6-7-9-16(15)14-18/h3-14H,1-2H3. The van der Waals surface area contributed by atoms with Gasteiger partial charge in [0.2, 0.25) is 0 Å². The molecule has 0 saturated carbocycles. The molecule has 2 nitrogen and oxygen atoms in total. The van der Waals surface area contributed by atoms with Gasteiger partial charge in [-0.15, -0.1) is 0 Å². The summed E-state index contributed by atoms with van der Waals surface area (Å²) in [5.41, 5.74) is 0. The fourth-order valence-corrected chi connectivity index (χ4v) is 5.50. The summed E-state index contributed by atoms with van der Waals surface area (Å²) in [6, 6.07) is 25.0. The first kappa shape index (κ1) is 14.0. The third-order valence-electron chi connectivity index (χ3n) is 3.86. The lowest BCUT2D eigenvalue weighted by molar-refractivity contribution is 0.273. The Morgan fingerprint density at radius 3 is 1.90 bits per heavy atom. The molecule has 0 aliphatic heterocycles. The second-order valence-electron chi connectivity index (χ2n) is 4.95. The summed E-state index contributed by atoms with van der Waals surface area (Å²) in [7, 11) is 0.855. The summed E-state index contributed by atoms with van der Waals surface area (Å²) < 4.78 is 11.8. The van der Waals surface area contributed by atoms with Crippen LogP contribution >= 0.6 is 0 Å². The quantitative estimate of drug-likeness (QED) is 0.689. The van der Waals surface area contributed by atoms with Crippen molar-refractivity contribution in [3.8, 4) is 0 Å². The van der Waals surface area contributed by atoms with Crippen molar-refractivity contribution in [2.75, 3.05) is 14.2 Å². The number of benzene rings is 3. The van der Waals surface area contributed by atoms with Crippen LogP contribution < -0.4 is 10.4 Å². The van der Waals surface area contributed by atoms with Crippen LogP contribution in [0.4, 0.5) is 0 Å². The SMILES string of the molecule is CO[Si](OC)(c1ccccc1)c1ccc2ccccc2c1. The predicted molar refractivity (Wildman–Crippen MR) is 89.4 cm³/mol. The van der Waals surface area contributed by atoms with E-state index >= 15 is 0 Å². The molecule has 3 aromatic carbocycles. The van der Waals surface area contributed by atoms with Crippen molar-refractivity contribution in [1.29, 1.82) is 0 Å². The van der Waals surface area contributed by atoms with Gasteiger partial charge >= 0.3 is 8.56 Å². The summed E-state index contributed by atoms with van der Waals surface area (Å²) in [6.07, 6.45) is 0. The molecule has 3 rings (SSSR count). The van der Waals surface area contributed by atoms with E-state index in [1.807, 2.05) is 18.2 Å². The first-order chi connectivity index (χ1) is 10.3. The summed E-state index contributed by atoms with van der Waals surface area (Å²) in [5, 5.41) is 4.67. The van der Waals surface area contributed by atoms with E-state index in [4.69, 9.17) is 8.85 Å². The lowest BCUT2D eigenvalue weighted by Crippen LogP contribution is -2.62. The number of hydrogen-bond donors (Lipinski definition) is 0. The van der Waals surface area contributed by atoms with Crippen molar-refractivity contribution in [2.24, 2.45) is 0 Å². The fraction of sp³-hybridized carbons (Fsp3) is 0.111. The monoisotopic (exact) mass is 294 g/mol. The molecule has 0 aliphatic rings. The Labute approximate surface area is 126 Å². The lowest BCUT2D eigenvalue weighted by atomic mass is 10.1. The molecule has 0 spiro atoms. The Bertz CT molecular complexity index is 736. The lowest BCUT2D eigenvalue weighted by Gasteiger charge is -2.28. The van der Waals surface area contributed by atoms with Gasteiger partial charge in [-0.1, -0.05) is 72.8 Å². The molecule has 0 atom stereocenters. The predicted octanol–water partition coefficient (Wildman–Crippen LogP) is 2.69. The second kappa shape index (κ2) is 5.82. The zero-order chi connectivity index (χ0) is 14.7. The van der Waals surface area contributed by atoms with Crippen LogP contribution in [0.3, 0.4) is 0 Å². The van der Waals surface area contributed by atoms with Gasteiger partial charge in [0.05, 0.1) is 0 Å². The molecule has 3 heteroatoms. The van der Waals surface area contributed by atoms with Crippen molar-refractivity contribution < 1.29 is 8.85 Å². The topological polar surface area (TPSA) is 18.5 Å². The zero-order valence-corrected chi connectivity index (χ0v) is 13.2. The fourth-order valence-electron chi connectivity index (χ4n) is 2.77. The maximum atomic E-state index is 5.92. The Morgan fingerprint density at radius 1 is 0.619 bits per heavy atom. The van der Waals surface area contributed by atoms with Gasteiger partial charge in [0.15, 0.2) is 0 Å². The largest absolute Gasteiger partial charge is 0.406 e. The van der Waals surface area contributed by atoms with E-state index in [1.54, 1.807) is 14.2 Å². The highest BCUT2D eigenvalue weighted by Gasteiger charge is 2.40. The van der Waals surface area contributed by atoms with Crippen LogP contribution in [0.5, 0.6) is 0 Å². The van der Waals surface area contributed by atoms with Crippen molar-refractivity contribution >= 4 is 29.7 Å². The molecule has 3 aromatic rings. The highest BCUT2D eigenvalue weighted by molar-refractivity contribution is 6.92. The Balaban J connectivity index is 2.19. The molecule has 0 N–H and O–H groups in total. The molecular weight excluding hydrogens is 276 g/mol. The zero-order valence-electron chi connectivity index (χ0n) is 12.2. The molecule has 0 fully saturated rings. The molecule has 106 valence electrons. The van der Waals surface area contributed by atoms with E-state index in [2.05, 4.69) is 54.6 Å². The van der Waals surface area contributed by atoms with Gasteiger partial charge in [-0.05, 0) is 21.1 Å². The minimum Gasteiger partial charge on any atom is -0.391 e. The highest BCUT2D eigenvalue weighted by atomic mass is 28.4. The number of hydrogen-bond acceptors (Lipinski definition) is 2. The third kappa shape index (κ3) is 2.40. The summed E-state index contributed by atoms with van der Waals surface area (Å²) >= 11 is 0. The first-order valence-electron chi connectivity index (χ1n) is 6.95. The van der Waals surface area contributed by atoms with Crippen molar-refractivity contribution in [3.05, 3.63) is 72.8 Å². The van der Waals surface area contributed by atoms with E-state index in [9.17, 15) is 0 Å². The van der Waals surface area contributed by atoms with E-state index in [0.717, 1.165) is 10.4 Å². The van der Waals surface area contributed by atoms with E-state index in [1.165, 1.54) is 10.8 Å². The van der Waals surface area contributed by atoms with E-state index in [0.29, 0.717) is 0 Å². The molecule has 0 aromatic heterocycles. The summed E-state index contributed by atoms with van der Waals surface area (Å²) in [4.78, 5) is 0. The van der Waals surface area contributed by atoms with Crippen LogP contribution in [-0.2, 0) is 8.85 Å². The Morgan fingerprint density at radius 2 is 1.24 bits per heavy atom. The molecule has 0 saturated heterocycles. The van der Waals surface area contributed by atoms with Gasteiger partial charge in [-0.25, -0.2) is 0 Å². The Hall–Kier alpha value is -1.94. The average Bonchev–Trinajstić information content (AvgIpc) is 2.57. The van der Waals surface area contributed by atoms with Gasteiger partial charge in [0.25, 0.3) is 0 Å². The minimum atomic E-state index is -2.61. The average molecular weight is 294 g/mol. The smallest absolute Gasteiger partial charge is 0.391 e. The van der Waals surface area contributed by atoms with Crippen LogP contribution in [0, 0.1) is 0 Å². The molecule has 0 amide bonds. The maximum absolute atomic E-state index is 5.92. The number of rotatable bonds is 4. The van der Waals surface area contributed by atoms with Crippen molar-refractivity contribution in [1.82, 2.24) is 0 Å². The van der Waals surface area contributed by atoms with Crippen LogP contribution in [-0.4, -0.2) is 22.8 Å². The van der Waals surface area contributed by atoms with E-state index < -0.39 is 8.56 Å². The molecule has 0 bridgehead atoms. The van der Waals surface area contributed by atoms with Crippen molar-refractivity contribution in [3.63, 3.8) is 0 Å². The molecule has 0 heterocycles. The van der Waals surface area contributed by atoms with Crippen molar-refractivity contribution in [2.45, 2.75) is 0 Å². The summed E-state index contributed by atoms with van der Waals surface area (Å²) in [5.74, 6) is 0. The molecule has 0 unspecified atom stereocenters. The molecule has 0 radical (unpaired) electrons. The van der Waals surface area contributed by atoms with Crippen LogP contribution in [0.2, 0.25) is 0 Å². The molecule has 21 heavy (non-hydrogen) atoms. The highest BCUT2D eigenvalue weighted by Crippen LogP contribution is 2.15. The maximum Gasteiger partial charge on any atom is 0.406 e. The number of fused-ring (bicyclic) bond motifs is 1. The second-order valence-corrected chi connectivity index (χ2v) is 8.16. The normalized spacial score (nSPS) is 11.7. The van der Waals surface area contributed by atoms with Gasteiger partial charge in [-0.2, -0.15) is 0 Å². The van der Waals surface area contributed by atoms with Gasteiger partial charge in [0.1, 0.15) is 0 Å². The molecule has 0 aliphatic carbocycles. The minimum absolute atomic E-state index is 1.12.